The summed E-state index contributed by atoms with van der Waals surface area (Å²) in [5.41, 5.74) is 15.4. The molecule has 3 heteroatoms. The van der Waals surface area contributed by atoms with Crippen LogP contribution in [0.1, 0.15) is 51.7 Å². The Kier molecular flexibility index (Phi) is 8.22. The summed E-state index contributed by atoms with van der Waals surface area (Å²) in [7, 11) is 0. The van der Waals surface area contributed by atoms with Crippen LogP contribution in [0, 0.1) is 0 Å². The summed E-state index contributed by atoms with van der Waals surface area (Å²) in [4.78, 5) is 2.43. The fourth-order valence-corrected chi connectivity index (χ4v) is 10.8. The van der Waals surface area contributed by atoms with E-state index in [0.29, 0.717) is 0 Å². The molecule has 1 aliphatic rings. The topological polar surface area (TPSA) is 16.4 Å². The van der Waals surface area contributed by atoms with E-state index in [0.717, 1.165) is 33.8 Å². The second-order valence-electron chi connectivity index (χ2n) is 17.6. The molecule has 0 fully saturated rings. The number of anilines is 3. The first kappa shape index (κ1) is 35.7. The Morgan fingerprint density at radius 3 is 1.81 bits per heavy atom. The van der Waals surface area contributed by atoms with Crippen LogP contribution in [0.3, 0.4) is 0 Å². The van der Waals surface area contributed by atoms with Crippen molar-refractivity contribution >= 4 is 70.5 Å². The van der Waals surface area contributed by atoms with Crippen LogP contribution in [-0.2, 0) is 10.8 Å². The fraction of sp³-hybridized carbons (Fsp3) is 0.143. The van der Waals surface area contributed by atoms with Crippen LogP contribution in [0.4, 0.5) is 17.1 Å². The van der Waals surface area contributed by atoms with Crippen molar-refractivity contribution in [3.8, 4) is 33.4 Å². The highest BCUT2D eigenvalue weighted by Crippen LogP contribution is 2.50. The SMILES string of the molecule is CC1(C)CCC(C)(C)c2cc3c(cc21)oc1cccc(-c2cccc(N(c4ccc(-c5ccccc5)c(-c5ccccc5)c4)c4ccc5c(c4)sc4ccccc45)c2)c13. The monoisotopic (exact) mass is 779 g/mol. The first-order valence-electron chi connectivity index (χ1n) is 20.8. The van der Waals surface area contributed by atoms with Gasteiger partial charge in [-0.05, 0) is 129 Å². The van der Waals surface area contributed by atoms with E-state index in [-0.39, 0.29) is 10.8 Å². The zero-order valence-corrected chi connectivity index (χ0v) is 34.7. The van der Waals surface area contributed by atoms with Gasteiger partial charge in [0.1, 0.15) is 11.2 Å². The highest BCUT2D eigenvalue weighted by molar-refractivity contribution is 7.25. The summed E-state index contributed by atoms with van der Waals surface area (Å²) in [6.07, 6.45) is 2.34. The van der Waals surface area contributed by atoms with Gasteiger partial charge in [0.2, 0.25) is 0 Å². The van der Waals surface area contributed by atoms with Gasteiger partial charge in [-0.1, -0.05) is 143 Å². The van der Waals surface area contributed by atoms with E-state index < -0.39 is 0 Å². The molecule has 2 aromatic heterocycles. The number of fused-ring (bicyclic) bond motifs is 7. The standard InChI is InChI=1S/C56H45NOS/c1-55(2)29-30-56(3,4)49-35-51-47(34-48(49)55)54-43(22-14-23-50(54)58-51)38-19-13-20-39(31-38)57(41-26-28-45-44-21-11-12-24-52(44)59-53(45)33-41)40-25-27-42(36-15-7-5-8-16-36)46(32-40)37-17-9-6-10-18-37/h5-28,31-35H,29-30H2,1-4H3. The lowest BCUT2D eigenvalue weighted by molar-refractivity contribution is 0.332. The zero-order chi connectivity index (χ0) is 39.9. The fourth-order valence-electron chi connectivity index (χ4n) is 9.64. The van der Waals surface area contributed by atoms with Crippen LogP contribution in [0.2, 0.25) is 0 Å². The smallest absolute Gasteiger partial charge is 0.136 e. The van der Waals surface area contributed by atoms with Gasteiger partial charge in [-0.3, -0.25) is 0 Å². The molecular formula is C56H45NOS. The zero-order valence-electron chi connectivity index (χ0n) is 33.9. The third-order valence-electron chi connectivity index (χ3n) is 12.9. The largest absolute Gasteiger partial charge is 0.456 e. The molecule has 0 unspecified atom stereocenters. The molecule has 0 saturated heterocycles. The summed E-state index contributed by atoms with van der Waals surface area (Å²) in [6, 6.07) is 64.6. The Labute approximate surface area is 350 Å². The molecule has 2 nitrogen and oxygen atoms in total. The Hall–Kier alpha value is -6.42. The summed E-state index contributed by atoms with van der Waals surface area (Å²) >= 11 is 1.86. The van der Waals surface area contributed by atoms with Crippen molar-refractivity contribution in [1.29, 1.82) is 0 Å². The lowest BCUT2D eigenvalue weighted by atomic mass is 9.63. The second-order valence-corrected chi connectivity index (χ2v) is 18.7. The second kappa shape index (κ2) is 13.6. The van der Waals surface area contributed by atoms with Crippen LogP contribution in [0.15, 0.2) is 180 Å². The molecule has 0 atom stereocenters. The highest BCUT2D eigenvalue weighted by atomic mass is 32.1. The molecule has 10 aromatic rings. The molecule has 286 valence electrons. The molecule has 0 saturated carbocycles. The first-order chi connectivity index (χ1) is 28.7. The maximum atomic E-state index is 6.72. The van der Waals surface area contributed by atoms with Crippen molar-refractivity contribution in [2.24, 2.45) is 0 Å². The predicted octanol–water partition coefficient (Wildman–Crippen LogP) is 16.8. The van der Waals surface area contributed by atoms with Crippen LogP contribution < -0.4 is 4.90 Å². The molecular weight excluding hydrogens is 735 g/mol. The van der Waals surface area contributed by atoms with Gasteiger partial charge < -0.3 is 9.32 Å². The molecule has 0 aliphatic heterocycles. The van der Waals surface area contributed by atoms with E-state index in [1.54, 1.807) is 0 Å². The maximum absolute atomic E-state index is 6.72. The third-order valence-corrected chi connectivity index (χ3v) is 14.1. The molecule has 0 spiro atoms. The number of hydrogen-bond acceptors (Lipinski definition) is 3. The Bertz CT molecular complexity index is 3220. The minimum Gasteiger partial charge on any atom is -0.456 e. The average Bonchev–Trinajstić information content (AvgIpc) is 3.83. The van der Waals surface area contributed by atoms with Gasteiger partial charge in [0.05, 0.1) is 0 Å². The molecule has 0 amide bonds. The lowest BCUT2D eigenvalue weighted by Gasteiger charge is -2.41. The lowest BCUT2D eigenvalue weighted by Crippen LogP contribution is -2.33. The third kappa shape index (κ3) is 5.98. The number of furan rings is 1. The van der Waals surface area contributed by atoms with Crippen LogP contribution in [0.5, 0.6) is 0 Å². The molecule has 8 aromatic carbocycles. The molecule has 0 bridgehead atoms. The number of thiophene rings is 1. The summed E-state index contributed by atoms with van der Waals surface area (Å²) in [5, 5.41) is 4.97. The van der Waals surface area contributed by atoms with Crippen molar-refractivity contribution in [1.82, 2.24) is 0 Å². The summed E-state index contributed by atoms with van der Waals surface area (Å²) in [6.45, 7) is 9.57. The van der Waals surface area contributed by atoms with Crippen LogP contribution >= 0.6 is 11.3 Å². The van der Waals surface area contributed by atoms with E-state index in [4.69, 9.17) is 4.42 Å². The van der Waals surface area contributed by atoms with Gasteiger partial charge in [-0.25, -0.2) is 0 Å². The van der Waals surface area contributed by atoms with Crippen molar-refractivity contribution < 1.29 is 4.42 Å². The van der Waals surface area contributed by atoms with Crippen LogP contribution in [0.25, 0.3) is 75.5 Å². The Balaban J connectivity index is 1.12. The number of rotatable bonds is 6. The van der Waals surface area contributed by atoms with Crippen molar-refractivity contribution in [3.63, 3.8) is 0 Å². The maximum Gasteiger partial charge on any atom is 0.136 e. The van der Waals surface area contributed by atoms with Crippen molar-refractivity contribution in [2.45, 2.75) is 51.4 Å². The summed E-state index contributed by atoms with van der Waals surface area (Å²) < 4.78 is 9.30. The van der Waals surface area contributed by atoms with E-state index in [9.17, 15) is 0 Å². The minimum absolute atomic E-state index is 0.0994. The Morgan fingerprint density at radius 1 is 0.424 bits per heavy atom. The van der Waals surface area contributed by atoms with Gasteiger partial charge in [0.25, 0.3) is 0 Å². The number of hydrogen-bond donors (Lipinski definition) is 0. The molecule has 2 heterocycles. The van der Waals surface area contributed by atoms with Gasteiger partial charge in [-0.2, -0.15) is 0 Å². The predicted molar refractivity (Wildman–Crippen MR) is 253 cm³/mol. The minimum atomic E-state index is 0.0994. The van der Waals surface area contributed by atoms with E-state index >= 15 is 0 Å². The number of benzene rings is 8. The summed E-state index contributed by atoms with van der Waals surface area (Å²) in [5.74, 6) is 0. The van der Waals surface area contributed by atoms with E-state index in [1.165, 1.54) is 82.7 Å². The van der Waals surface area contributed by atoms with E-state index in [2.05, 4.69) is 209 Å². The van der Waals surface area contributed by atoms with Crippen molar-refractivity contribution in [2.75, 3.05) is 4.90 Å². The molecule has 1 aliphatic carbocycles. The van der Waals surface area contributed by atoms with Gasteiger partial charge in [0.15, 0.2) is 0 Å². The van der Waals surface area contributed by atoms with Gasteiger partial charge in [-0.15, -0.1) is 11.3 Å². The van der Waals surface area contributed by atoms with E-state index in [1.807, 2.05) is 11.3 Å². The Morgan fingerprint density at radius 2 is 1.03 bits per heavy atom. The highest BCUT2D eigenvalue weighted by Gasteiger charge is 2.38. The first-order valence-corrected chi connectivity index (χ1v) is 21.6. The van der Waals surface area contributed by atoms with Crippen molar-refractivity contribution in [3.05, 3.63) is 187 Å². The van der Waals surface area contributed by atoms with Crippen LogP contribution in [-0.4, -0.2) is 0 Å². The van der Waals surface area contributed by atoms with Gasteiger partial charge >= 0.3 is 0 Å². The number of nitrogens with zero attached hydrogens (tertiary/aromatic N) is 1. The average molecular weight is 780 g/mol. The van der Waals surface area contributed by atoms with Gasteiger partial charge in [0, 0.05) is 48.0 Å². The molecule has 59 heavy (non-hydrogen) atoms. The molecule has 0 N–H and O–H groups in total. The molecule has 11 rings (SSSR count). The normalized spacial score (nSPS) is 14.6. The quantitative estimate of drug-likeness (QED) is 0.167. The molecule has 0 radical (unpaired) electrons.